The van der Waals surface area contributed by atoms with Gasteiger partial charge in [0.1, 0.15) is 0 Å². The van der Waals surface area contributed by atoms with Gasteiger partial charge in [-0.15, -0.1) is 11.3 Å². The molecule has 1 heterocycles. The number of thiazole rings is 1. The molecule has 1 amide bonds. The van der Waals surface area contributed by atoms with Crippen molar-refractivity contribution in [3.05, 3.63) is 11.6 Å². The monoisotopic (exact) mass is 241 g/mol. The van der Waals surface area contributed by atoms with Crippen molar-refractivity contribution in [2.24, 2.45) is 11.1 Å². The van der Waals surface area contributed by atoms with E-state index < -0.39 is 5.41 Å². The molecule has 1 aromatic heterocycles. The van der Waals surface area contributed by atoms with Gasteiger partial charge in [0, 0.05) is 11.6 Å². The van der Waals surface area contributed by atoms with Crippen LogP contribution in [0.4, 0.5) is 5.13 Å². The van der Waals surface area contributed by atoms with Crippen LogP contribution in [0.5, 0.6) is 0 Å². The molecule has 3 N–H and O–H groups in total. The minimum Gasteiger partial charge on any atom is -0.392 e. The fourth-order valence-electron chi connectivity index (χ4n) is 1.62. The number of amides is 1. The first-order valence-electron chi connectivity index (χ1n) is 4.66. The lowest BCUT2D eigenvalue weighted by Crippen LogP contribution is -2.50. The molecule has 0 bridgehead atoms. The lowest BCUT2D eigenvalue weighted by atomic mass is 9.68. The van der Waals surface area contributed by atoms with Gasteiger partial charge in [-0.25, -0.2) is 4.98 Å². The van der Waals surface area contributed by atoms with Gasteiger partial charge in [0.25, 0.3) is 0 Å². The molecular formula is C9H11N3OS2. The molecule has 1 fully saturated rings. The summed E-state index contributed by atoms with van der Waals surface area (Å²) in [7, 11) is 0. The van der Waals surface area contributed by atoms with Crippen LogP contribution in [0, 0.1) is 5.41 Å². The van der Waals surface area contributed by atoms with Gasteiger partial charge in [0.05, 0.1) is 10.4 Å². The van der Waals surface area contributed by atoms with Crippen molar-refractivity contribution in [3.8, 4) is 0 Å². The van der Waals surface area contributed by atoms with E-state index in [4.69, 9.17) is 18.0 Å². The van der Waals surface area contributed by atoms with Gasteiger partial charge in [0.15, 0.2) is 5.13 Å². The molecule has 0 radical (unpaired) electrons. The first-order chi connectivity index (χ1) is 7.15. The van der Waals surface area contributed by atoms with Crippen molar-refractivity contribution in [1.29, 1.82) is 0 Å². The van der Waals surface area contributed by atoms with Crippen LogP contribution in [0.2, 0.25) is 0 Å². The lowest BCUT2D eigenvalue weighted by Gasteiger charge is -2.38. The van der Waals surface area contributed by atoms with Crippen molar-refractivity contribution in [1.82, 2.24) is 4.98 Å². The van der Waals surface area contributed by atoms with Crippen molar-refractivity contribution >= 4 is 39.6 Å². The van der Waals surface area contributed by atoms with Gasteiger partial charge in [-0.05, 0) is 12.8 Å². The maximum atomic E-state index is 11.9. The van der Waals surface area contributed by atoms with Gasteiger partial charge in [-0.1, -0.05) is 18.6 Å². The summed E-state index contributed by atoms with van der Waals surface area (Å²) in [4.78, 5) is 16.2. The zero-order valence-corrected chi connectivity index (χ0v) is 9.66. The lowest BCUT2D eigenvalue weighted by molar-refractivity contribution is -0.125. The second-order valence-corrected chi connectivity index (χ2v) is 4.93. The van der Waals surface area contributed by atoms with E-state index in [1.54, 1.807) is 6.20 Å². The molecule has 1 aliphatic carbocycles. The number of nitrogens with two attached hydrogens (primary N) is 1. The first kappa shape index (κ1) is 10.5. The average Bonchev–Trinajstić information content (AvgIpc) is 2.53. The van der Waals surface area contributed by atoms with Gasteiger partial charge in [0.2, 0.25) is 5.91 Å². The summed E-state index contributed by atoms with van der Waals surface area (Å²) < 4.78 is 0. The Morgan fingerprint density at radius 3 is 2.80 bits per heavy atom. The molecule has 4 nitrogen and oxygen atoms in total. The van der Waals surface area contributed by atoms with Gasteiger partial charge < -0.3 is 11.1 Å². The number of carbonyl (C=O) groups is 1. The Kier molecular flexibility index (Phi) is 2.70. The Bertz CT molecular complexity index is 384. The summed E-state index contributed by atoms with van der Waals surface area (Å²) in [5.41, 5.74) is 4.99. The molecule has 2 rings (SSSR count). The Morgan fingerprint density at radius 2 is 2.40 bits per heavy atom. The summed E-state index contributed by atoms with van der Waals surface area (Å²) in [6, 6.07) is 0. The minimum atomic E-state index is -0.624. The molecule has 0 unspecified atom stereocenters. The van der Waals surface area contributed by atoms with Crippen LogP contribution in [0.3, 0.4) is 0 Å². The van der Waals surface area contributed by atoms with Gasteiger partial charge in [-0.3, -0.25) is 4.79 Å². The SMILES string of the molecule is NC(=S)C1(C(=O)Nc2nccs2)CCC1. The number of hydrogen-bond acceptors (Lipinski definition) is 4. The van der Waals surface area contributed by atoms with Gasteiger partial charge >= 0.3 is 0 Å². The third-order valence-corrected chi connectivity index (χ3v) is 3.85. The number of anilines is 1. The van der Waals surface area contributed by atoms with Crippen LogP contribution < -0.4 is 11.1 Å². The number of carbonyl (C=O) groups excluding carboxylic acids is 1. The molecule has 1 aromatic rings. The zero-order chi connectivity index (χ0) is 10.9. The fraction of sp³-hybridized carbons (Fsp3) is 0.444. The van der Waals surface area contributed by atoms with E-state index in [0.29, 0.717) is 10.1 Å². The predicted octanol–water partition coefficient (Wildman–Crippen LogP) is 1.54. The van der Waals surface area contributed by atoms with E-state index in [0.717, 1.165) is 19.3 Å². The predicted molar refractivity (Wildman–Crippen MR) is 63.8 cm³/mol. The highest BCUT2D eigenvalue weighted by Crippen LogP contribution is 2.42. The second kappa shape index (κ2) is 3.86. The zero-order valence-electron chi connectivity index (χ0n) is 8.03. The van der Waals surface area contributed by atoms with Crippen LogP contribution in [-0.2, 0) is 4.79 Å². The van der Waals surface area contributed by atoms with Crippen LogP contribution in [0.1, 0.15) is 19.3 Å². The number of nitrogens with one attached hydrogen (secondary N) is 1. The molecule has 0 aliphatic heterocycles. The molecule has 0 atom stereocenters. The van der Waals surface area contributed by atoms with Crippen LogP contribution in [0.25, 0.3) is 0 Å². The number of nitrogens with zero attached hydrogens (tertiary/aromatic N) is 1. The van der Waals surface area contributed by atoms with E-state index in [1.165, 1.54) is 11.3 Å². The Hall–Kier alpha value is -1.01. The smallest absolute Gasteiger partial charge is 0.239 e. The van der Waals surface area contributed by atoms with E-state index in [-0.39, 0.29) is 5.91 Å². The van der Waals surface area contributed by atoms with Crippen molar-refractivity contribution < 1.29 is 4.79 Å². The maximum Gasteiger partial charge on any atom is 0.239 e. The number of hydrogen-bond donors (Lipinski definition) is 2. The van der Waals surface area contributed by atoms with E-state index in [2.05, 4.69) is 10.3 Å². The molecular weight excluding hydrogens is 230 g/mol. The van der Waals surface area contributed by atoms with E-state index in [9.17, 15) is 4.79 Å². The highest BCUT2D eigenvalue weighted by molar-refractivity contribution is 7.80. The van der Waals surface area contributed by atoms with Crippen molar-refractivity contribution in [3.63, 3.8) is 0 Å². The first-order valence-corrected chi connectivity index (χ1v) is 5.95. The molecule has 6 heteroatoms. The summed E-state index contributed by atoms with van der Waals surface area (Å²) in [5.74, 6) is -0.115. The number of thiocarbonyl (C=S) groups is 1. The highest BCUT2D eigenvalue weighted by Gasteiger charge is 2.47. The normalized spacial score (nSPS) is 17.9. The topological polar surface area (TPSA) is 68.0 Å². The Labute approximate surface area is 96.9 Å². The summed E-state index contributed by atoms with van der Waals surface area (Å²) in [6.45, 7) is 0. The molecule has 0 saturated heterocycles. The number of aromatic nitrogens is 1. The molecule has 0 spiro atoms. The number of rotatable bonds is 3. The molecule has 1 aliphatic rings. The van der Waals surface area contributed by atoms with Crippen molar-refractivity contribution in [2.45, 2.75) is 19.3 Å². The van der Waals surface area contributed by atoms with Crippen molar-refractivity contribution in [2.75, 3.05) is 5.32 Å². The average molecular weight is 241 g/mol. The standard InChI is InChI=1S/C9H11N3OS2/c10-6(14)9(2-1-3-9)7(13)12-8-11-4-5-15-8/h4-5H,1-3H2,(H2,10,14)(H,11,12,13). The maximum absolute atomic E-state index is 11.9. The summed E-state index contributed by atoms with van der Waals surface area (Å²) >= 11 is 6.34. The van der Waals surface area contributed by atoms with Crippen LogP contribution >= 0.6 is 23.6 Å². The summed E-state index contributed by atoms with van der Waals surface area (Å²) in [6.07, 6.45) is 4.15. The van der Waals surface area contributed by atoms with Gasteiger partial charge in [-0.2, -0.15) is 0 Å². The molecule has 80 valence electrons. The minimum absolute atomic E-state index is 0.115. The third-order valence-electron chi connectivity index (χ3n) is 2.77. The van der Waals surface area contributed by atoms with E-state index in [1.807, 2.05) is 5.38 Å². The highest BCUT2D eigenvalue weighted by atomic mass is 32.1. The Morgan fingerprint density at radius 1 is 1.67 bits per heavy atom. The fourth-order valence-corrected chi connectivity index (χ4v) is 2.44. The molecule has 0 aromatic carbocycles. The largest absolute Gasteiger partial charge is 0.392 e. The summed E-state index contributed by atoms with van der Waals surface area (Å²) in [5, 5.41) is 5.16. The second-order valence-electron chi connectivity index (χ2n) is 3.59. The third kappa shape index (κ3) is 1.74. The molecule has 15 heavy (non-hydrogen) atoms. The quantitative estimate of drug-likeness (QED) is 0.788. The van der Waals surface area contributed by atoms with E-state index >= 15 is 0 Å². The van der Waals surface area contributed by atoms with Crippen LogP contribution in [0.15, 0.2) is 11.6 Å². The van der Waals surface area contributed by atoms with Crippen LogP contribution in [-0.4, -0.2) is 15.9 Å². The molecule has 1 saturated carbocycles. The Balaban J connectivity index is 2.10.